The van der Waals surface area contributed by atoms with E-state index in [9.17, 15) is 0 Å². The van der Waals surface area contributed by atoms with E-state index >= 15 is 0 Å². The number of rotatable bonds is 1. The summed E-state index contributed by atoms with van der Waals surface area (Å²) in [7, 11) is 0. The van der Waals surface area contributed by atoms with Gasteiger partial charge in [-0.1, -0.05) is 228 Å². The van der Waals surface area contributed by atoms with Gasteiger partial charge in [-0.15, -0.1) is 0 Å². The highest BCUT2D eigenvalue weighted by molar-refractivity contribution is 9.39. The topological polar surface area (TPSA) is 0 Å². The van der Waals surface area contributed by atoms with Crippen molar-refractivity contribution < 1.29 is 0 Å². The summed E-state index contributed by atoms with van der Waals surface area (Å²) in [4.78, 5) is 0. The fourth-order valence-electron chi connectivity index (χ4n) is 2.38. The van der Waals surface area contributed by atoms with Crippen molar-refractivity contribution in [3.8, 4) is 0 Å². The molecule has 0 aliphatic heterocycles. The van der Waals surface area contributed by atoms with E-state index in [4.69, 9.17) is 0 Å². The Morgan fingerprint density at radius 1 is 0.548 bits per heavy atom. The molecule has 0 fully saturated rings. The van der Waals surface area contributed by atoms with Crippen LogP contribution < -0.4 is 0 Å². The molecule has 31 heavy (non-hydrogen) atoms. The second-order valence-corrected chi connectivity index (χ2v) is 33.3. The lowest BCUT2D eigenvalue weighted by atomic mass is 10.1. The Labute approximate surface area is 284 Å². The van der Waals surface area contributed by atoms with Crippen molar-refractivity contribution in [3.63, 3.8) is 0 Å². The summed E-state index contributed by atoms with van der Waals surface area (Å²) in [5.74, 6) is 0. The molecule has 2 rings (SSSR count). The number of hydrogen-bond donors (Lipinski definition) is 0. The summed E-state index contributed by atoms with van der Waals surface area (Å²) < 4.78 is -1.48. The predicted molar refractivity (Wildman–Crippen MR) is 181 cm³/mol. The number of hydrogen-bond acceptors (Lipinski definition) is 0. The molecule has 0 atom stereocenters. The average molecular weight is 1200 g/mol. The Bertz CT molecular complexity index is 850. The van der Waals surface area contributed by atoms with Crippen LogP contribution in [0.2, 0.25) is 0 Å². The number of halogens is 12. The first kappa shape index (κ1) is 33.2. The summed E-state index contributed by atoms with van der Waals surface area (Å²) in [5.41, 5.74) is 6.94. The van der Waals surface area contributed by atoms with Crippen molar-refractivity contribution in [1.82, 2.24) is 0 Å². The lowest BCUT2D eigenvalue weighted by Crippen LogP contribution is -2.05. The maximum Gasteiger partial charge on any atom is 0.160 e. The summed E-state index contributed by atoms with van der Waals surface area (Å²) >= 11 is 42.2. The molecule has 2 aromatic rings. The molecule has 0 saturated heterocycles. The third-order valence-electron chi connectivity index (χ3n) is 3.91. The Morgan fingerprint density at radius 2 is 0.968 bits per heavy atom. The van der Waals surface area contributed by atoms with Crippen LogP contribution in [0.5, 0.6) is 0 Å². The smallest absolute Gasteiger partial charge is 0.0613 e. The van der Waals surface area contributed by atoms with Crippen molar-refractivity contribution in [2.45, 2.75) is 28.8 Å². The molecule has 0 amide bonds. The molecule has 0 N–H and O–H groups in total. The maximum atomic E-state index is 3.54. The van der Waals surface area contributed by atoms with Gasteiger partial charge in [0.05, 0.1) is 0 Å². The fraction of sp³-hybridized carbons (Fsp3) is 0.368. The van der Waals surface area contributed by atoms with Gasteiger partial charge in [0.15, 0.2) is 8.57 Å². The van der Waals surface area contributed by atoms with Gasteiger partial charge in [0.2, 0.25) is 0 Å². The van der Waals surface area contributed by atoms with Gasteiger partial charge in [0.25, 0.3) is 0 Å². The minimum Gasteiger partial charge on any atom is -0.0613 e. The van der Waals surface area contributed by atoms with Gasteiger partial charge in [-0.25, -0.2) is 0 Å². The molecule has 0 nitrogen and oxygen atoms in total. The third-order valence-corrected chi connectivity index (χ3v) is 9.32. The Morgan fingerprint density at radius 3 is 1.26 bits per heavy atom. The van der Waals surface area contributed by atoms with E-state index in [1.54, 1.807) is 0 Å². The van der Waals surface area contributed by atoms with Gasteiger partial charge < -0.3 is 0 Å². The Balaban J connectivity index is 0.000000311. The molecule has 0 unspecified atom stereocenters. The van der Waals surface area contributed by atoms with E-state index < -0.39 is 0 Å². The first-order chi connectivity index (χ1) is 13.8. The second-order valence-electron chi connectivity index (χ2n) is 6.29. The molecule has 0 bridgehead atoms. The van der Waals surface area contributed by atoms with Crippen LogP contribution in [-0.4, -0.2) is 0 Å². The van der Waals surface area contributed by atoms with Crippen LogP contribution >= 0.6 is 191 Å². The molecule has 0 spiro atoms. The van der Waals surface area contributed by atoms with Crippen molar-refractivity contribution in [2.24, 2.45) is 0 Å². The summed E-state index contributed by atoms with van der Waals surface area (Å²) in [5, 5.41) is 0. The molecule has 2 aromatic carbocycles. The van der Waals surface area contributed by atoms with Crippen LogP contribution in [-0.2, 0) is 15.0 Å². The van der Waals surface area contributed by atoms with Crippen LogP contribution in [0.1, 0.15) is 40.3 Å². The largest absolute Gasteiger partial charge is 0.160 e. The van der Waals surface area contributed by atoms with Gasteiger partial charge in [0.1, 0.15) is 0 Å². The first-order valence-corrected chi connectivity index (χ1v) is 17.8. The highest BCUT2D eigenvalue weighted by Crippen LogP contribution is 2.50. The van der Waals surface area contributed by atoms with E-state index in [1.165, 1.54) is 11.1 Å². The van der Waals surface area contributed by atoms with Crippen LogP contribution in [0.3, 0.4) is 0 Å². The maximum absolute atomic E-state index is 3.54. The SMILES string of the molecule is CCc1cc(C(Br)(Br)Br)cc(C(Br)(Br)Br)c1.Cc1cc(C(Br)(Br)Br)ccc1C(Br)(Br)Br. The molecule has 12 heteroatoms. The van der Waals surface area contributed by atoms with Gasteiger partial charge in [-0.2, -0.15) is 0 Å². The van der Waals surface area contributed by atoms with Gasteiger partial charge in [0, 0.05) is 0 Å². The van der Waals surface area contributed by atoms with Crippen LogP contribution in [0.4, 0.5) is 0 Å². The standard InChI is InChI=1S/C10H8Br6.C9H6Br6/c1-2-6-3-7(9(11,12)13)5-8(4-6)10(14,15)16;1-5-4-6(8(10,11)12)2-3-7(5)9(13,14)15/h3-5H,2H2,1H3;2-4H,1H3. The Kier molecular flexibility index (Phi) is 14.3. The molecular weight excluding hydrogens is 1190 g/mol. The third kappa shape index (κ3) is 11.6. The summed E-state index contributed by atoms with van der Waals surface area (Å²) in [6.45, 7) is 4.20. The van der Waals surface area contributed by atoms with E-state index in [0.29, 0.717) is 0 Å². The van der Waals surface area contributed by atoms with Crippen molar-refractivity contribution in [3.05, 3.63) is 69.8 Å². The van der Waals surface area contributed by atoms with Gasteiger partial charge in [-0.05, 0) is 52.8 Å². The molecule has 174 valence electrons. The lowest BCUT2D eigenvalue weighted by Gasteiger charge is -2.19. The van der Waals surface area contributed by atoms with E-state index in [-0.39, 0.29) is 8.57 Å². The van der Waals surface area contributed by atoms with Crippen molar-refractivity contribution in [1.29, 1.82) is 0 Å². The van der Waals surface area contributed by atoms with Crippen LogP contribution in [0.25, 0.3) is 0 Å². The normalized spacial score (nSPS) is 13.0. The summed E-state index contributed by atoms with van der Waals surface area (Å²) in [6.07, 6.45) is 0.993. The van der Waals surface area contributed by atoms with Gasteiger partial charge >= 0.3 is 0 Å². The predicted octanol–water partition coefficient (Wildman–Crippen LogP) is 13.4. The molecule has 0 heterocycles. The van der Waals surface area contributed by atoms with Crippen LogP contribution in [0.15, 0.2) is 36.4 Å². The lowest BCUT2D eigenvalue weighted by molar-refractivity contribution is 1.11. The highest BCUT2D eigenvalue weighted by Gasteiger charge is 2.27. The monoisotopic (exact) mass is 1190 g/mol. The molecule has 0 aliphatic rings. The zero-order valence-electron chi connectivity index (χ0n) is 15.7. The molecule has 0 aliphatic carbocycles. The fourth-order valence-corrected chi connectivity index (χ4v) is 5.83. The summed E-state index contributed by atoms with van der Waals surface area (Å²) in [6, 6.07) is 12.6. The van der Waals surface area contributed by atoms with E-state index in [0.717, 1.165) is 28.7 Å². The number of alkyl halides is 12. The molecule has 0 aromatic heterocycles. The number of benzene rings is 2. The second kappa shape index (κ2) is 13.3. The highest BCUT2D eigenvalue weighted by atomic mass is 80.0. The molecule has 0 saturated carbocycles. The van der Waals surface area contributed by atoms with Crippen LogP contribution in [0, 0.1) is 6.92 Å². The molecular formula is C19H14Br12. The average Bonchev–Trinajstić information content (AvgIpc) is 2.58. The van der Waals surface area contributed by atoms with E-state index in [2.05, 4.69) is 235 Å². The zero-order valence-corrected chi connectivity index (χ0v) is 34.7. The van der Waals surface area contributed by atoms with Crippen molar-refractivity contribution >= 4 is 191 Å². The van der Waals surface area contributed by atoms with Gasteiger partial charge in [-0.3, -0.25) is 0 Å². The zero-order chi connectivity index (χ0) is 24.4. The van der Waals surface area contributed by atoms with Crippen molar-refractivity contribution in [2.75, 3.05) is 0 Å². The minimum absolute atomic E-state index is 0.357. The number of aryl methyl sites for hydroxylation is 2. The Hall–Kier alpha value is 4.20. The quantitative estimate of drug-likeness (QED) is 0.250. The minimum atomic E-state index is -0.384. The first-order valence-electron chi connectivity index (χ1n) is 8.30. The van der Waals surface area contributed by atoms with E-state index in [1.807, 2.05) is 6.07 Å². The molecule has 0 radical (unpaired) electrons.